The number of carbonyl (C=O) groups is 1. The number of hydrogen-bond donors (Lipinski definition) is 2. The number of aromatic nitrogens is 1. The Morgan fingerprint density at radius 2 is 2.13 bits per heavy atom. The van der Waals surface area contributed by atoms with E-state index in [1.807, 2.05) is 6.07 Å². The molecule has 5 heteroatoms. The minimum atomic E-state index is -0.850. The van der Waals surface area contributed by atoms with Crippen molar-refractivity contribution < 1.29 is 9.53 Å². The van der Waals surface area contributed by atoms with Gasteiger partial charge in [0.1, 0.15) is 11.6 Å². The number of fused-ring (bicyclic) bond motifs is 1. The van der Waals surface area contributed by atoms with Crippen LogP contribution >= 0.6 is 0 Å². The number of anilines is 1. The number of pyridine rings is 1. The number of hydrogen-bond acceptors (Lipinski definition) is 4. The van der Waals surface area contributed by atoms with Crippen LogP contribution < -0.4 is 16.2 Å². The quantitative estimate of drug-likeness (QED) is 0.730. The molecule has 76 valence electrons. The van der Waals surface area contributed by atoms with Gasteiger partial charge in [0.05, 0.1) is 0 Å². The third kappa shape index (κ3) is 1.80. The molecule has 1 aromatic heterocycles. The van der Waals surface area contributed by atoms with Crippen molar-refractivity contribution >= 4 is 22.7 Å². The van der Waals surface area contributed by atoms with Gasteiger partial charge in [-0.15, -0.1) is 0 Å². The Morgan fingerprint density at radius 1 is 1.33 bits per heavy atom. The highest BCUT2D eigenvalue weighted by Gasteiger charge is 2.03. The number of amides is 1. The van der Waals surface area contributed by atoms with Crippen molar-refractivity contribution in [1.29, 1.82) is 0 Å². The summed E-state index contributed by atoms with van der Waals surface area (Å²) in [6.45, 7) is 0. The van der Waals surface area contributed by atoms with Gasteiger partial charge in [-0.25, -0.2) is 9.78 Å². The van der Waals surface area contributed by atoms with Crippen molar-refractivity contribution in [3.05, 3.63) is 30.5 Å². The molecule has 1 amide bonds. The van der Waals surface area contributed by atoms with Gasteiger partial charge in [-0.2, -0.15) is 0 Å². The third-order valence-electron chi connectivity index (χ3n) is 1.99. The molecular weight excluding hydrogens is 194 g/mol. The standard InChI is InChI=1S/C10H9N3O2/c11-9-8-5-7(15-10(12)14)2-1-6(8)3-4-13-9/h1-5H,(H2,11,13)(H2,12,14). The van der Waals surface area contributed by atoms with E-state index in [4.69, 9.17) is 16.2 Å². The number of nitrogens with zero attached hydrogens (tertiary/aromatic N) is 1. The lowest BCUT2D eigenvalue weighted by atomic mass is 10.1. The van der Waals surface area contributed by atoms with Crippen molar-refractivity contribution in [2.24, 2.45) is 5.73 Å². The average Bonchev–Trinajstić information content (AvgIpc) is 2.18. The largest absolute Gasteiger partial charge is 0.410 e. The molecule has 5 nitrogen and oxygen atoms in total. The summed E-state index contributed by atoms with van der Waals surface area (Å²) in [4.78, 5) is 14.5. The van der Waals surface area contributed by atoms with Gasteiger partial charge in [-0.05, 0) is 23.6 Å². The molecular formula is C10H9N3O2. The molecule has 2 aromatic rings. The normalized spacial score (nSPS) is 10.1. The van der Waals surface area contributed by atoms with Crippen LogP contribution in [0.4, 0.5) is 10.6 Å². The van der Waals surface area contributed by atoms with Crippen LogP contribution in [-0.2, 0) is 0 Å². The zero-order chi connectivity index (χ0) is 10.8. The van der Waals surface area contributed by atoms with Crippen molar-refractivity contribution in [3.63, 3.8) is 0 Å². The first kappa shape index (κ1) is 9.26. The van der Waals surface area contributed by atoms with E-state index in [2.05, 4.69) is 4.98 Å². The number of rotatable bonds is 1. The van der Waals surface area contributed by atoms with E-state index in [1.165, 1.54) is 0 Å². The van der Waals surface area contributed by atoms with Crippen LogP contribution in [0.25, 0.3) is 10.8 Å². The van der Waals surface area contributed by atoms with Crippen LogP contribution in [0, 0.1) is 0 Å². The molecule has 1 aromatic carbocycles. The SMILES string of the molecule is NC(=O)Oc1ccc2ccnc(N)c2c1. The molecule has 0 saturated heterocycles. The minimum Gasteiger partial charge on any atom is -0.410 e. The van der Waals surface area contributed by atoms with Gasteiger partial charge in [0.2, 0.25) is 0 Å². The van der Waals surface area contributed by atoms with E-state index < -0.39 is 6.09 Å². The van der Waals surface area contributed by atoms with E-state index in [9.17, 15) is 4.79 Å². The number of primary amides is 1. The molecule has 0 aliphatic carbocycles. The molecule has 0 atom stereocenters. The number of ether oxygens (including phenoxy) is 1. The second kappa shape index (κ2) is 3.45. The summed E-state index contributed by atoms with van der Waals surface area (Å²) in [5.41, 5.74) is 10.6. The lowest BCUT2D eigenvalue weighted by Gasteiger charge is -2.04. The highest BCUT2D eigenvalue weighted by molar-refractivity contribution is 5.92. The summed E-state index contributed by atoms with van der Waals surface area (Å²) in [5, 5.41) is 1.66. The van der Waals surface area contributed by atoms with Gasteiger partial charge in [0.25, 0.3) is 0 Å². The fourth-order valence-electron chi connectivity index (χ4n) is 1.35. The van der Waals surface area contributed by atoms with Gasteiger partial charge in [-0.1, -0.05) is 6.07 Å². The van der Waals surface area contributed by atoms with Crippen LogP contribution in [0.5, 0.6) is 5.75 Å². The first-order valence-electron chi connectivity index (χ1n) is 4.28. The molecule has 0 radical (unpaired) electrons. The number of nitrogen functional groups attached to an aromatic ring is 1. The van der Waals surface area contributed by atoms with E-state index in [0.717, 1.165) is 10.8 Å². The maximum absolute atomic E-state index is 10.5. The molecule has 0 aliphatic heterocycles. The molecule has 4 N–H and O–H groups in total. The van der Waals surface area contributed by atoms with E-state index >= 15 is 0 Å². The fraction of sp³-hybridized carbons (Fsp3) is 0. The first-order chi connectivity index (χ1) is 7.16. The number of benzene rings is 1. The Bertz CT molecular complexity index is 525. The number of carbonyl (C=O) groups excluding carboxylic acids is 1. The Morgan fingerprint density at radius 3 is 2.87 bits per heavy atom. The first-order valence-corrected chi connectivity index (χ1v) is 4.28. The highest BCUT2D eigenvalue weighted by atomic mass is 16.5. The third-order valence-corrected chi connectivity index (χ3v) is 1.99. The maximum atomic E-state index is 10.5. The Hall–Kier alpha value is -2.30. The molecule has 0 fully saturated rings. The summed E-state index contributed by atoms with van der Waals surface area (Å²) >= 11 is 0. The molecule has 0 spiro atoms. The van der Waals surface area contributed by atoms with Gasteiger partial charge in [0, 0.05) is 11.6 Å². The van der Waals surface area contributed by atoms with Gasteiger partial charge in [-0.3, -0.25) is 0 Å². The molecule has 2 rings (SSSR count). The lowest BCUT2D eigenvalue weighted by molar-refractivity contribution is 0.211. The molecule has 0 unspecified atom stereocenters. The average molecular weight is 203 g/mol. The van der Waals surface area contributed by atoms with Crippen LogP contribution in [0.3, 0.4) is 0 Å². The smallest absolute Gasteiger partial charge is 0.409 e. The maximum Gasteiger partial charge on any atom is 0.409 e. The van der Waals surface area contributed by atoms with E-state index in [-0.39, 0.29) is 0 Å². The highest BCUT2D eigenvalue weighted by Crippen LogP contribution is 2.23. The molecule has 1 heterocycles. The predicted molar refractivity (Wildman–Crippen MR) is 56.4 cm³/mol. The fourth-order valence-corrected chi connectivity index (χ4v) is 1.35. The van der Waals surface area contributed by atoms with E-state index in [1.54, 1.807) is 24.4 Å². The van der Waals surface area contributed by atoms with E-state index in [0.29, 0.717) is 11.6 Å². The Balaban J connectivity index is 2.54. The minimum absolute atomic E-state index is 0.356. The van der Waals surface area contributed by atoms with Crippen LogP contribution in [0.15, 0.2) is 30.5 Å². The van der Waals surface area contributed by atoms with Crippen LogP contribution in [0.1, 0.15) is 0 Å². The topological polar surface area (TPSA) is 91.2 Å². The molecule has 0 bridgehead atoms. The second-order valence-electron chi connectivity index (χ2n) is 3.00. The van der Waals surface area contributed by atoms with Crippen molar-refractivity contribution in [3.8, 4) is 5.75 Å². The van der Waals surface area contributed by atoms with Crippen LogP contribution in [-0.4, -0.2) is 11.1 Å². The van der Waals surface area contributed by atoms with Gasteiger partial charge < -0.3 is 16.2 Å². The number of nitrogens with two attached hydrogens (primary N) is 2. The Kier molecular flexibility index (Phi) is 2.13. The summed E-state index contributed by atoms with van der Waals surface area (Å²) < 4.78 is 4.73. The van der Waals surface area contributed by atoms with Gasteiger partial charge >= 0.3 is 6.09 Å². The van der Waals surface area contributed by atoms with Crippen molar-refractivity contribution in [2.75, 3.05) is 5.73 Å². The predicted octanol–water partition coefficient (Wildman–Crippen LogP) is 1.27. The summed E-state index contributed by atoms with van der Waals surface area (Å²) in [6.07, 6.45) is 0.767. The lowest BCUT2D eigenvalue weighted by Crippen LogP contribution is -2.16. The molecule has 0 saturated carbocycles. The zero-order valence-electron chi connectivity index (χ0n) is 7.81. The molecule has 15 heavy (non-hydrogen) atoms. The van der Waals surface area contributed by atoms with Crippen molar-refractivity contribution in [2.45, 2.75) is 0 Å². The summed E-state index contributed by atoms with van der Waals surface area (Å²) in [7, 11) is 0. The second-order valence-corrected chi connectivity index (χ2v) is 3.00. The zero-order valence-corrected chi connectivity index (χ0v) is 7.81. The van der Waals surface area contributed by atoms with Crippen LogP contribution in [0.2, 0.25) is 0 Å². The Labute approximate surface area is 85.7 Å². The monoisotopic (exact) mass is 203 g/mol. The van der Waals surface area contributed by atoms with Crippen molar-refractivity contribution in [1.82, 2.24) is 4.98 Å². The van der Waals surface area contributed by atoms with Gasteiger partial charge in [0.15, 0.2) is 0 Å². The summed E-state index contributed by atoms with van der Waals surface area (Å²) in [5.74, 6) is 0.747. The molecule has 0 aliphatic rings. The summed E-state index contributed by atoms with van der Waals surface area (Å²) in [6, 6.07) is 6.88.